The third-order valence-electron chi connectivity index (χ3n) is 3.09. The number of nitro groups is 1. The van der Waals surface area contributed by atoms with Crippen LogP contribution >= 0.6 is 0 Å². The third kappa shape index (κ3) is 6.57. The van der Waals surface area contributed by atoms with E-state index in [4.69, 9.17) is 4.74 Å². The van der Waals surface area contributed by atoms with E-state index in [9.17, 15) is 23.3 Å². The first kappa shape index (κ1) is 20.7. The van der Waals surface area contributed by atoms with Crippen molar-refractivity contribution in [3.8, 4) is 0 Å². The normalized spacial score (nSPS) is 11.7. The molecule has 1 aromatic rings. The zero-order valence-electron chi connectivity index (χ0n) is 14.9. The van der Waals surface area contributed by atoms with Crippen molar-refractivity contribution in [2.75, 3.05) is 30.7 Å². The van der Waals surface area contributed by atoms with E-state index < -0.39 is 26.6 Å². The van der Waals surface area contributed by atoms with Crippen molar-refractivity contribution in [2.24, 2.45) is 0 Å². The molecule has 1 amide bonds. The fraction of sp³-hybridized carbons (Fsp3) is 0.533. The summed E-state index contributed by atoms with van der Waals surface area (Å²) in [7, 11) is -2.12. The highest BCUT2D eigenvalue weighted by atomic mass is 32.2. The van der Waals surface area contributed by atoms with Gasteiger partial charge < -0.3 is 9.64 Å². The largest absolute Gasteiger partial charge is 0.444 e. The number of hydrogen-bond donors (Lipinski definition) is 0. The van der Waals surface area contributed by atoms with Crippen LogP contribution in [0.1, 0.15) is 20.8 Å². The van der Waals surface area contributed by atoms with Gasteiger partial charge in [0.1, 0.15) is 5.60 Å². The molecule has 10 heteroatoms. The van der Waals surface area contributed by atoms with Crippen molar-refractivity contribution in [3.05, 3.63) is 34.4 Å². The second-order valence-corrected chi connectivity index (χ2v) is 8.42. The maximum absolute atomic E-state index is 12.0. The van der Waals surface area contributed by atoms with Gasteiger partial charge in [-0.05, 0) is 32.9 Å². The van der Waals surface area contributed by atoms with Crippen molar-refractivity contribution in [1.82, 2.24) is 4.90 Å². The summed E-state index contributed by atoms with van der Waals surface area (Å²) in [5, 5.41) is 10.7. The van der Waals surface area contributed by atoms with E-state index in [1.165, 1.54) is 36.2 Å². The van der Waals surface area contributed by atoms with E-state index in [-0.39, 0.29) is 24.5 Å². The van der Waals surface area contributed by atoms with Crippen molar-refractivity contribution in [3.63, 3.8) is 0 Å². The Kier molecular flexibility index (Phi) is 6.36. The predicted octanol–water partition coefficient (Wildman–Crippen LogP) is 2.23. The molecule has 0 aliphatic carbocycles. The molecular weight excluding hydrogens is 350 g/mol. The zero-order valence-corrected chi connectivity index (χ0v) is 15.7. The minimum atomic E-state index is -3.62. The lowest BCUT2D eigenvalue weighted by Crippen LogP contribution is -2.41. The number of likely N-dealkylation sites (N-methyl/N-ethyl adjacent to an activating group) is 1. The summed E-state index contributed by atoms with van der Waals surface area (Å²) in [4.78, 5) is 23.3. The summed E-state index contributed by atoms with van der Waals surface area (Å²) in [6.07, 6.45) is 0.465. The number of amides is 1. The summed E-state index contributed by atoms with van der Waals surface area (Å²) >= 11 is 0. The SMILES string of the molecule is CN(CCN(c1ccc([N+](=O)[O-])cc1)S(C)(=O)=O)C(=O)OC(C)(C)C. The Labute approximate surface area is 147 Å². The van der Waals surface area contributed by atoms with Gasteiger partial charge in [-0.15, -0.1) is 0 Å². The van der Waals surface area contributed by atoms with E-state index in [2.05, 4.69) is 0 Å². The van der Waals surface area contributed by atoms with Gasteiger partial charge in [0.05, 0.1) is 23.4 Å². The van der Waals surface area contributed by atoms with Gasteiger partial charge in [0.25, 0.3) is 5.69 Å². The molecular formula is C15H23N3O6S. The third-order valence-corrected chi connectivity index (χ3v) is 4.29. The molecule has 25 heavy (non-hydrogen) atoms. The minimum absolute atomic E-state index is 0.00755. The molecule has 1 rings (SSSR count). The number of rotatable bonds is 6. The lowest BCUT2D eigenvalue weighted by Gasteiger charge is -2.27. The number of ether oxygens (including phenoxy) is 1. The molecule has 0 aliphatic rings. The van der Waals surface area contributed by atoms with E-state index in [0.29, 0.717) is 0 Å². The minimum Gasteiger partial charge on any atom is -0.444 e. The van der Waals surface area contributed by atoms with Crippen LogP contribution in [0.3, 0.4) is 0 Å². The monoisotopic (exact) mass is 373 g/mol. The number of nitro benzene ring substituents is 1. The Bertz CT molecular complexity index is 725. The van der Waals surface area contributed by atoms with Gasteiger partial charge in [0.2, 0.25) is 10.0 Å². The smallest absolute Gasteiger partial charge is 0.410 e. The molecule has 140 valence electrons. The number of hydrogen-bond acceptors (Lipinski definition) is 6. The van der Waals surface area contributed by atoms with Gasteiger partial charge >= 0.3 is 6.09 Å². The molecule has 0 bridgehead atoms. The van der Waals surface area contributed by atoms with Gasteiger partial charge in [0, 0.05) is 25.7 Å². The number of carbonyl (C=O) groups is 1. The average molecular weight is 373 g/mol. The molecule has 0 N–H and O–H groups in total. The number of carbonyl (C=O) groups excluding carboxylic acids is 1. The zero-order chi connectivity index (χ0) is 19.4. The second-order valence-electron chi connectivity index (χ2n) is 6.51. The maximum Gasteiger partial charge on any atom is 0.410 e. The molecule has 0 aliphatic heterocycles. The maximum atomic E-state index is 12.0. The molecule has 0 spiro atoms. The number of non-ortho nitro benzene ring substituents is 1. The topological polar surface area (TPSA) is 110 Å². The first-order valence-electron chi connectivity index (χ1n) is 7.47. The highest BCUT2D eigenvalue weighted by Crippen LogP contribution is 2.21. The van der Waals surface area contributed by atoms with Crippen LogP contribution in [-0.2, 0) is 14.8 Å². The summed E-state index contributed by atoms with van der Waals surface area (Å²) < 4.78 is 30.3. The van der Waals surface area contributed by atoms with E-state index in [0.717, 1.165) is 10.6 Å². The van der Waals surface area contributed by atoms with Gasteiger partial charge in [0.15, 0.2) is 0 Å². The Morgan fingerprint density at radius 3 is 2.12 bits per heavy atom. The molecule has 0 atom stereocenters. The van der Waals surface area contributed by atoms with Crippen LogP contribution in [0.25, 0.3) is 0 Å². The number of sulfonamides is 1. The summed E-state index contributed by atoms with van der Waals surface area (Å²) in [5.74, 6) is 0. The van der Waals surface area contributed by atoms with Crippen LogP contribution < -0.4 is 4.31 Å². The van der Waals surface area contributed by atoms with Gasteiger partial charge in [-0.25, -0.2) is 13.2 Å². The van der Waals surface area contributed by atoms with Crippen LogP contribution in [-0.4, -0.2) is 56.3 Å². The highest BCUT2D eigenvalue weighted by molar-refractivity contribution is 7.92. The lowest BCUT2D eigenvalue weighted by molar-refractivity contribution is -0.384. The Balaban J connectivity index is 2.88. The van der Waals surface area contributed by atoms with E-state index >= 15 is 0 Å². The van der Waals surface area contributed by atoms with Crippen LogP contribution in [0.15, 0.2) is 24.3 Å². The predicted molar refractivity (Wildman–Crippen MR) is 94.2 cm³/mol. The lowest BCUT2D eigenvalue weighted by atomic mass is 10.2. The van der Waals surface area contributed by atoms with Crippen molar-refractivity contribution < 1.29 is 22.9 Å². The molecule has 0 aromatic heterocycles. The molecule has 0 unspecified atom stereocenters. The quantitative estimate of drug-likeness (QED) is 0.558. The van der Waals surface area contributed by atoms with Gasteiger partial charge in [-0.2, -0.15) is 0 Å². The fourth-order valence-electron chi connectivity index (χ4n) is 1.90. The summed E-state index contributed by atoms with van der Waals surface area (Å²) in [6.45, 7) is 5.29. The second kappa shape index (κ2) is 7.68. The fourth-order valence-corrected chi connectivity index (χ4v) is 2.82. The number of nitrogens with zero attached hydrogens (tertiary/aromatic N) is 3. The highest BCUT2D eigenvalue weighted by Gasteiger charge is 2.23. The van der Waals surface area contributed by atoms with E-state index in [1.807, 2.05) is 0 Å². The van der Waals surface area contributed by atoms with Crippen molar-refractivity contribution in [1.29, 1.82) is 0 Å². The van der Waals surface area contributed by atoms with Gasteiger partial charge in [-0.1, -0.05) is 0 Å². The molecule has 9 nitrogen and oxygen atoms in total. The Hall–Kier alpha value is -2.36. The summed E-state index contributed by atoms with van der Waals surface area (Å²) in [6, 6.07) is 5.16. The standard InChI is InChI=1S/C15H23N3O6S/c1-15(2,3)24-14(19)16(4)10-11-17(25(5,22)23)12-6-8-13(9-7-12)18(20)21/h6-9H,10-11H2,1-5H3. The van der Waals surface area contributed by atoms with Gasteiger partial charge in [-0.3, -0.25) is 14.4 Å². The Morgan fingerprint density at radius 1 is 1.20 bits per heavy atom. The number of benzene rings is 1. The molecule has 0 radical (unpaired) electrons. The van der Waals surface area contributed by atoms with Crippen LogP contribution in [0, 0.1) is 10.1 Å². The van der Waals surface area contributed by atoms with Crippen molar-refractivity contribution in [2.45, 2.75) is 26.4 Å². The summed E-state index contributed by atoms with van der Waals surface area (Å²) in [5.41, 5.74) is -0.506. The molecule has 0 heterocycles. The average Bonchev–Trinajstić information content (AvgIpc) is 2.44. The molecule has 0 saturated heterocycles. The Morgan fingerprint density at radius 2 is 1.72 bits per heavy atom. The molecule has 1 aromatic carbocycles. The molecule has 0 saturated carbocycles. The van der Waals surface area contributed by atoms with Crippen molar-refractivity contribution >= 4 is 27.5 Å². The first-order chi connectivity index (χ1) is 11.3. The van der Waals surface area contributed by atoms with E-state index in [1.54, 1.807) is 20.8 Å². The molecule has 0 fully saturated rings. The van der Waals surface area contributed by atoms with Crippen LogP contribution in [0.5, 0.6) is 0 Å². The number of anilines is 1. The van der Waals surface area contributed by atoms with Crippen LogP contribution in [0.2, 0.25) is 0 Å². The first-order valence-corrected chi connectivity index (χ1v) is 9.32. The van der Waals surface area contributed by atoms with Crippen LogP contribution in [0.4, 0.5) is 16.2 Å².